The molecule has 1 rings (SSSR count). The van der Waals surface area contributed by atoms with Crippen molar-refractivity contribution in [3.63, 3.8) is 0 Å². The van der Waals surface area contributed by atoms with E-state index in [0.717, 1.165) is 23.5 Å². The van der Waals surface area contributed by atoms with Crippen LogP contribution >= 0.6 is 11.3 Å². The Labute approximate surface area is 113 Å². The van der Waals surface area contributed by atoms with E-state index in [0.29, 0.717) is 6.42 Å². The van der Waals surface area contributed by atoms with Crippen molar-refractivity contribution in [3.8, 4) is 0 Å². The second-order valence-corrected chi connectivity index (χ2v) is 5.66. The van der Waals surface area contributed by atoms with Gasteiger partial charge in [0.25, 0.3) is 0 Å². The van der Waals surface area contributed by atoms with E-state index >= 15 is 0 Å². The quantitative estimate of drug-likeness (QED) is 0.677. The van der Waals surface area contributed by atoms with E-state index in [1.807, 2.05) is 12.3 Å². The minimum atomic E-state index is -0.738. The van der Waals surface area contributed by atoms with Crippen molar-refractivity contribution in [2.45, 2.75) is 64.7 Å². The third-order valence-electron chi connectivity index (χ3n) is 3.08. The van der Waals surface area contributed by atoms with Crippen LogP contribution in [0, 0.1) is 6.92 Å². The highest BCUT2D eigenvalue weighted by atomic mass is 32.1. The van der Waals surface area contributed by atoms with Crippen LogP contribution in [0.15, 0.2) is 5.38 Å². The van der Waals surface area contributed by atoms with Gasteiger partial charge >= 0.3 is 5.97 Å². The third-order valence-corrected chi connectivity index (χ3v) is 4.16. The Morgan fingerprint density at radius 3 is 2.56 bits per heavy atom. The number of thiazole rings is 1. The van der Waals surface area contributed by atoms with Gasteiger partial charge in [0.05, 0.1) is 0 Å². The Balaban J connectivity index is 2.33. The molecule has 4 heteroatoms. The SMILES string of the molecule is CCCCCCCCC(C(=O)O)c1nc(C)cs1. The summed E-state index contributed by atoms with van der Waals surface area (Å²) < 4.78 is 0. The minimum absolute atomic E-state index is 0.408. The summed E-state index contributed by atoms with van der Waals surface area (Å²) in [7, 11) is 0. The number of carboxylic acid groups (broad SMARTS) is 1. The maximum atomic E-state index is 11.2. The molecule has 0 aliphatic heterocycles. The van der Waals surface area contributed by atoms with Crippen LogP contribution in [0.5, 0.6) is 0 Å². The van der Waals surface area contributed by atoms with Gasteiger partial charge in [-0.3, -0.25) is 4.79 Å². The highest BCUT2D eigenvalue weighted by molar-refractivity contribution is 7.09. The van der Waals surface area contributed by atoms with Crippen molar-refractivity contribution in [2.24, 2.45) is 0 Å². The molecule has 1 aromatic rings. The van der Waals surface area contributed by atoms with Crippen LogP contribution in [-0.4, -0.2) is 16.1 Å². The summed E-state index contributed by atoms with van der Waals surface area (Å²) in [6.07, 6.45) is 7.85. The smallest absolute Gasteiger partial charge is 0.313 e. The molecule has 0 saturated heterocycles. The highest BCUT2D eigenvalue weighted by Gasteiger charge is 2.22. The number of aliphatic carboxylic acids is 1. The highest BCUT2D eigenvalue weighted by Crippen LogP contribution is 2.26. The number of carboxylic acids is 1. The Morgan fingerprint density at radius 1 is 1.33 bits per heavy atom. The monoisotopic (exact) mass is 269 g/mol. The molecule has 1 N–H and O–H groups in total. The summed E-state index contributed by atoms with van der Waals surface area (Å²) >= 11 is 1.47. The van der Waals surface area contributed by atoms with Crippen LogP contribution in [0.3, 0.4) is 0 Å². The Morgan fingerprint density at radius 2 is 2.00 bits per heavy atom. The number of hydrogen-bond acceptors (Lipinski definition) is 3. The zero-order chi connectivity index (χ0) is 13.4. The van der Waals surface area contributed by atoms with E-state index in [1.54, 1.807) is 0 Å². The van der Waals surface area contributed by atoms with Crippen molar-refractivity contribution in [2.75, 3.05) is 0 Å². The first-order valence-corrected chi connectivity index (χ1v) is 7.68. The molecule has 0 radical (unpaired) electrons. The lowest BCUT2D eigenvalue weighted by atomic mass is 10.0. The number of rotatable bonds is 9. The van der Waals surface area contributed by atoms with Gasteiger partial charge in [0.15, 0.2) is 0 Å². The lowest BCUT2D eigenvalue weighted by Crippen LogP contribution is -2.11. The normalized spacial score (nSPS) is 12.6. The predicted molar refractivity (Wildman–Crippen MR) is 75.2 cm³/mol. The van der Waals surface area contributed by atoms with Gasteiger partial charge in [-0.25, -0.2) is 4.98 Å². The molecule has 3 nitrogen and oxygen atoms in total. The van der Waals surface area contributed by atoms with E-state index in [-0.39, 0.29) is 0 Å². The van der Waals surface area contributed by atoms with Gasteiger partial charge in [-0.05, 0) is 13.3 Å². The molecule has 1 unspecified atom stereocenters. The van der Waals surface area contributed by atoms with Crippen molar-refractivity contribution in [1.29, 1.82) is 0 Å². The van der Waals surface area contributed by atoms with Gasteiger partial charge in [-0.15, -0.1) is 11.3 Å². The fraction of sp³-hybridized carbons (Fsp3) is 0.714. The second kappa shape index (κ2) is 8.25. The van der Waals surface area contributed by atoms with Crippen LogP contribution in [0.2, 0.25) is 0 Å². The number of hydrogen-bond donors (Lipinski definition) is 1. The van der Waals surface area contributed by atoms with Gasteiger partial charge in [-0.2, -0.15) is 0 Å². The zero-order valence-electron chi connectivity index (χ0n) is 11.3. The van der Waals surface area contributed by atoms with Crippen molar-refractivity contribution in [1.82, 2.24) is 4.98 Å². The van der Waals surface area contributed by atoms with E-state index < -0.39 is 11.9 Å². The first-order chi connectivity index (χ1) is 8.65. The predicted octanol–water partition coefficient (Wildman–Crippen LogP) is 4.37. The first kappa shape index (κ1) is 15.2. The molecular formula is C14H23NO2S. The average molecular weight is 269 g/mol. The minimum Gasteiger partial charge on any atom is -0.481 e. The summed E-state index contributed by atoms with van der Waals surface area (Å²) in [5.74, 6) is -1.15. The van der Waals surface area contributed by atoms with Gasteiger partial charge < -0.3 is 5.11 Å². The van der Waals surface area contributed by atoms with Crippen LogP contribution in [0.25, 0.3) is 0 Å². The van der Waals surface area contributed by atoms with Gasteiger partial charge in [0.2, 0.25) is 0 Å². The van der Waals surface area contributed by atoms with Gasteiger partial charge in [0, 0.05) is 11.1 Å². The van der Waals surface area contributed by atoms with Crippen LogP contribution in [0.4, 0.5) is 0 Å². The van der Waals surface area contributed by atoms with E-state index in [9.17, 15) is 9.90 Å². The van der Waals surface area contributed by atoms with E-state index in [1.165, 1.54) is 37.0 Å². The number of carbonyl (C=O) groups is 1. The number of aryl methyl sites for hydroxylation is 1. The molecule has 1 heterocycles. The molecule has 102 valence electrons. The largest absolute Gasteiger partial charge is 0.481 e. The third kappa shape index (κ3) is 5.17. The zero-order valence-corrected chi connectivity index (χ0v) is 12.1. The summed E-state index contributed by atoms with van der Waals surface area (Å²) in [5, 5.41) is 11.9. The summed E-state index contributed by atoms with van der Waals surface area (Å²) in [4.78, 5) is 15.5. The summed E-state index contributed by atoms with van der Waals surface area (Å²) in [6, 6.07) is 0. The fourth-order valence-electron chi connectivity index (χ4n) is 2.01. The molecule has 0 aromatic carbocycles. The lowest BCUT2D eigenvalue weighted by Gasteiger charge is -2.09. The Hall–Kier alpha value is -0.900. The average Bonchev–Trinajstić information content (AvgIpc) is 2.74. The molecule has 0 spiro atoms. The van der Waals surface area contributed by atoms with Crippen LogP contribution < -0.4 is 0 Å². The standard InChI is InChI=1S/C14H23NO2S/c1-3-4-5-6-7-8-9-12(14(16)17)13-15-11(2)10-18-13/h10,12H,3-9H2,1-2H3,(H,16,17). The molecular weight excluding hydrogens is 246 g/mol. The molecule has 0 aliphatic rings. The number of unbranched alkanes of at least 4 members (excludes halogenated alkanes) is 5. The number of aromatic nitrogens is 1. The molecule has 1 aromatic heterocycles. The van der Waals surface area contributed by atoms with Gasteiger partial charge in [0.1, 0.15) is 10.9 Å². The molecule has 0 fully saturated rings. The van der Waals surface area contributed by atoms with Gasteiger partial charge in [-0.1, -0.05) is 45.4 Å². The summed E-state index contributed by atoms with van der Waals surface area (Å²) in [6.45, 7) is 4.11. The first-order valence-electron chi connectivity index (χ1n) is 6.80. The van der Waals surface area contributed by atoms with Crippen LogP contribution in [0.1, 0.15) is 68.5 Å². The molecule has 0 bridgehead atoms. The van der Waals surface area contributed by atoms with E-state index in [4.69, 9.17) is 0 Å². The molecule has 0 amide bonds. The maximum Gasteiger partial charge on any atom is 0.313 e. The number of nitrogens with zero attached hydrogens (tertiary/aromatic N) is 1. The Bertz CT molecular complexity index is 362. The van der Waals surface area contributed by atoms with Crippen molar-refractivity contribution < 1.29 is 9.90 Å². The van der Waals surface area contributed by atoms with Crippen molar-refractivity contribution in [3.05, 3.63) is 16.1 Å². The van der Waals surface area contributed by atoms with Crippen molar-refractivity contribution >= 4 is 17.3 Å². The molecule has 0 saturated carbocycles. The second-order valence-electron chi connectivity index (χ2n) is 4.77. The van der Waals surface area contributed by atoms with Crippen LogP contribution in [-0.2, 0) is 4.79 Å². The maximum absolute atomic E-state index is 11.2. The topological polar surface area (TPSA) is 50.2 Å². The molecule has 1 atom stereocenters. The summed E-state index contributed by atoms with van der Waals surface area (Å²) in [5.41, 5.74) is 0.921. The molecule has 18 heavy (non-hydrogen) atoms. The Kier molecular flexibility index (Phi) is 6.94. The lowest BCUT2D eigenvalue weighted by molar-refractivity contribution is -0.139. The fourth-order valence-corrected chi connectivity index (χ4v) is 2.94. The van der Waals surface area contributed by atoms with E-state index in [2.05, 4.69) is 11.9 Å². The molecule has 0 aliphatic carbocycles.